The molecule has 1 fully saturated rings. The number of nitrogens with zero attached hydrogens (tertiary/aromatic N) is 4. The third-order valence-corrected chi connectivity index (χ3v) is 5.34. The van der Waals surface area contributed by atoms with Crippen LogP contribution in [-0.2, 0) is 17.9 Å². The van der Waals surface area contributed by atoms with Gasteiger partial charge in [-0.25, -0.2) is 0 Å². The average Bonchev–Trinajstić information content (AvgIpc) is 2.98. The smallest absolute Gasteiger partial charge is 0.218 e. The number of aromatic nitrogens is 3. The first-order valence-electron chi connectivity index (χ1n) is 8.82. The molecule has 25 heavy (non-hydrogen) atoms. The Hall–Kier alpha value is -1.86. The molecule has 0 aliphatic carbocycles. The summed E-state index contributed by atoms with van der Waals surface area (Å²) in [5.74, 6) is 1.34. The Labute approximate surface area is 152 Å². The van der Waals surface area contributed by atoms with E-state index in [1.807, 2.05) is 18.2 Å². The van der Waals surface area contributed by atoms with Crippen molar-refractivity contribution in [2.45, 2.75) is 43.9 Å². The maximum absolute atomic E-state index is 11.0. The van der Waals surface area contributed by atoms with Crippen LogP contribution in [0.2, 0.25) is 0 Å². The molecule has 0 spiro atoms. The van der Waals surface area contributed by atoms with Gasteiger partial charge in [0, 0.05) is 12.2 Å². The molecule has 1 aromatic carbocycles. The number of hydrogen-bond donors (Lipinski definition) is 1. The number of carbonyl (C=O) groups excluding carboxylic acids is 1. The van der Waals surface area contributed by atoms with E-state index in [9.17, 15) is 4.79 Å². The average molecular weight is 359 g/mol. The summed E-state index contributed by atoms with van der Waals surface area (Å²) >= 11 is 1.55. The quantitative estimate of drug-likeness (QED) is 0.732. The van der Waals surface area contributed by atoms with Gasteiger partial charge >= 0.3 is 0 Å². The van der Waals surface area contributed by atoms with Gasteiger partial charge in [-0.05, 0) is 31.5 Å². The summed E-state index contributed by atoms with van der Waals surface area (Å²) in [7, 11) is 0. The highest BCUT2D eigenvalue weighted by molar-refractivity contribution is 7.99. The third-order valence-electron chi connectivity index (χ3n) is 4.37. The number of rotatable bonds is 8. The second kappa shape index (κ2) is 9.01. The van der Waals surface area contributed by atoms with Crippen molar-refractivity contribution in [2.24, 2.45) is 5.73 Å². The lowest BCUT2D eigenvalue weighted by molar-refractivity contribution is -0.117. The molecule has 1 aromatic heterocycles. The number of primary amides is 1. The molecule has 1 aliphatic heterocycles. The minimum atomic E-state index is -0.282. The van der Waals surface area contributed by atoms with Crippen LogP contribution in [0.15, 0.2) is 35.5 Å². The van der Waals surface area contributed by atoms with Crippen molar-refractivity contribution >= 4 is 17.7 Å². The Bertz CT molecular complexity index is 682. The lowest BCUT2D eigenvalue weighted by Gasteiger charge is -2.26. The van der Waals surface area contributed by atoms with Crippen molar-refractivity contribution in [1.29, 1.82) is 0 Å². The predicted octanol–water partition coefficient (Wildman–Crippen LogP) is 2.28. The molecular formula is C18H25N5OS. The van der Waals surface area contributed by atoms with Crippen molar-refractivity contribution in [3.63, 3.8) is 0 Å². The van der Waals surface area contributed by atoms with Gasteiger partial charge in [-0.15, -0.1) is 10.2 Å². The Morgan fingerprint density at radius 1 is 1.08 bits per heavy atom. The molecule has 2 N–H and O–H groups in total. The standard InChI is InChI=1S/C18H25N5OS/c19-16(24)9-12-25-18-21-20-17(14-22-10-5-2-6-11-22)23(18)13-15-7-3-1-4-8-15/h1,3-4,7-8H,2,5-6,9-14H2,(H2,19,24). The van der Waals surface area contributed by atoms with Crippen molar-refractivity contribution < 1.29 is 4.79 Å². The molecular weight excluding hydrogens is 334 g/mol. The van der Waals surface area contributed by atoms with Gasteiger partial charge in [0.1, 0.15) is 5.82 Å². The van der Waals surface area contributed by atoms with Gasteiger partial charge in [0.15, 0.2) is 5.16 Å². The number of thioether (sulfide) groups is 1. The van der Waals surface area contributed by atoms with E-state index in [1.165, 1.54) is 24.8 Å². The molecule has 0 saturated carbocycles. The van der Waals surface area contributed by atoms with E-state index in [2.05, 4.69) is 31.8 Å². The fourth-order valence-electron chi connectivity index (χ4n) is 3.03. The van der Waals surface area contributed by atoms with E-state index < -0.39 is 0 Å². The summed E-state index contributed by atoms with van der Waals surface area (Å²) in [6.07, 6.45) is 4.19. The Morgan fingerprint density at radius 3 is 2.56 bits per heavy atom. The first-order chi connectivity index (χ1) is 12.2. The number of carbonyl (C=O) groups is 1. The summed E-state index contributed by atoms with van der Waals surface area (Å²) in [4.78, 5) is 13.4. The second-order valence-corrected chi connectivity index (χ2v) is 7.43. The van der Waals surface area contributed by atoms with Crippen LogP contribution in [-0.4, -0.2) is 44.4 Å². The van der Waals surface area contributed by atoms with Gasteiger partial charge in [0.2, 0.25) is 5.91 Å². The van der Waals surface area contributed by atoms with E-state index in [-0.39, 0.29) is 5.91 Å². The van der Waals surface area contributed by atoms with Crippen LogP contribution in [0.25, 0.3) is 0 Å². The van der Waals surface area contributed by atoms with E-state index in [0.29, 0.717) is 12.2 Å². The van der Waals surface area contributed by atoms with Crippen molar-refractivity contribution in [3.05, 3.63) is 41.7 Å². The lowest BCUT2D eigenvalue weighted by Crippen LogP contribution is -2.30. The van der Waals surface area contributed by atoms with Crippen LogP contribution in [0, 0.1) is 0 Å². The molecule has 0 radical (unpaired) electrons. The normalized spacial score (nSPS) is 15.4. The zero-order chi connectivity index (χ0) is 17.5. The summed E-state index contributed by atoms with van der Waals surface area (Å²) in [6, 6.07) is 10.3. The van der Waals surface area contributed by atoms with Crippen LogP contribution in [0.4, 0.5) is 0 Å². The van der Waals surface area contributed by atoms with E-state index in [1.54, 1.807) is 11.8 Å². The zero-order valence-corrected chi connectivity index (χ0v) is 15.2. The summed E-state index contributed by atoms with van der Waals surface area (Å²) in [6.45, 7) is 3.83. The zero-order valence-electron chi connectivity index (χ0n) is 14.4. The number of likely N-dealkylation sites (tertiary alicyclic amines) is 1. The van der Waals surface area contributed by atoms with Crippen LogP contribution in [0.3, 0.4) is 0 Å². The van der Waals surface area contributed by atoms with Crippen molar-refractivity contribution in [1.82, 2.24) is 19.7 Å². The first-order valence-corrected chi connectivity index (χ1v) is 9.80. The Morgan fingerprint density at radius 2 is 1.84 bits per heavy atom. The maximum atomic E-state index is 11.0. The summed E-state index contributed by atoms with van der Waals surface area (Å²) in [5, 5.41) is 9.67. The van der Waals surface area contributed by atoms with Crippen molar-refractivity contribution in [2.75, 3.05) is 18.8 Å². The fraction of sp³-hybridized carbons (Fsp3) is 0.500. The van der Waals surface area contributed by atoms with Crippen LogP contribution in [0.1, 0.15) is 37.1 Å². The van der Waals surface area contributed by atoms with E-state index >= 15 is 0 Å². The minimum absolute atomic E-state index is 0.282. The number of piperidine rings is 1. The van der Waals surface area contributed by atoms with Crippen LogP contribution in [0.5, 0.6) is 0 Å². The van der Waals surface area contributed by atoms with E-state index in [4.69, 9.17) is 5.73 Å². The number of amides is 1. The summed E-state index contributed by atoms with van der Waals surface area (Å²) in [5.41, 5.74) is 6.47. The molecule has 1 aliphatic rings. The highest BCUT2D eigenvalue weighted by Crippen LogP contribution is 2.21. The van der Waals surface area contributed by atoms with Gasteiger partial charge in [-0.2, -0.15) is 0 Å². The molecule has 6 nitrogen and oxygen atoms in total. The Kier molecular flexibility index (Phi) is 6.47. The monoisotopic (exact) mass is 359 g/mol. The van der Waals surface area contributed by atoms with Crippen molar-refractivity contribution in [3.8, 4) is 0 Å². The number of benzene rings is 1. The van der Waals surface area contributed by atoms with Gasteiger partial charge in [0.05, 0.1) is 13.1 Å². The number of nitrogens with two attached hydrogens (primary N) is 1. The molecule has 7 heteroatoms. The highest BCUT2D eigenvalue weighted by Gasteiger charge is 2.18. The largest absolute Gasteiger partial charge is 0.370 e. The minimum Gasteiger partial charge on any atom is -0.370 e. The molecule has 3 rings (SSSR count). The highest BCUT2D eigenvalue weighted by atomic mass is 32.2. The maximum Gasteiger partial charge on any atom is 0.218 e. The lowest BCUT2D eigenvalue weighted by atomic mass is 10.1. The van der Waals surface area contributed by atoms with Crippen LogP contribution < -0.4 is 5.73 Å². The molecule has 0 bridgehead atoms. The van der Waals surface area contributed by atoms with Gasteiger partial charge in [-0.3, -0.25) is 9.69 Å². The SMILES string of the molecule is NC(=O)CCSc1nnc(CN2CCCCC2)n1Cc1ccccc1. The van der Waals surface area contributed by atoms with Crippen LogP contribution >= 0.6 is 11.8 Å². The number of hydrogen-bond acceptors (Lipinski definition) is 5. The summed E-state index contributed by atoms with van der Waals surface area (Å²) < 4.78 is 2.18. The topological polar surface area (TPSA) is 77.0 Å². The first kappa shape index (κ1) is 17.9. The van der Waals surface area contributed by atoms with Gasteiger partial charge in [-0.1, -0.05) is 48.5 Å². The predicted molar refractivity (Wildman–Crippen MR) is 99.2 cm³/mol. The van der Waals surface area contributed by atoms with Gasteiger partial charge < -0.3 is 10.3 Å². The van der Waals surface area contributed by atoms with E-state index in [0.717, 1.165) is 37.2 Å². The third kappa shape index (κ3) is 5.31. The molecule has 1 saturated heterocycles. The molecule has 134 valence electrons. The molecule has 2 heterocycles. The molecule has 1 amide bonds. The molecule has 0 unspecified atom stereocenters. The molecule has 2 aromatic rings. The molecule has 0 atom stereocenters. The van der Waals surface area contributed by atoms with Gasteiger partial charge in [0.25, 0.3) is 0 Å². The fourth-order valence-corrected chi connectivity index (χ4v) is 3.94. The second-order valence-electron chi connectivity index (χ2n) is 6.37. The Balaban J connectivity index is 1.75.